The Balaban J connectivity index is 2.00. The summed E-state index contributed by atoms with van der Waals surface area (Å²) in [5.74, 6) is 0.311. The summed E-state index contributed by atoms with van der Waals surface area (Å²) in [6, 6.07) is 7.80. The van der Waals surface area contributed by atoms with Crippen molar-refractivity contribution >= 4 is 11.9 Å². The van der Waals surface area contributed by atoms with E-state index in [9.17, 15) is 22.8 Å². The molecule has 0 fully saturated rings. The molecule has 3 rings (SSSR count). The van der Waals surface area contributed by atoms with Gasteiger partial charge >= 0.3 is 12.1 Å². The van der Waals surface area contributed by atoms with Crippen LogP contribution in [0, 0.1) is 0 Å². The van der Waals surface area contributed by atoms with Crippen LogP contribution in [0.25, 0.3) is 0 Å². The fourth-order valence-electron chi connectivity index (χ4n) is 4.22. The molecule has 2 aromatic rings. The number of carbonyl (C=O) groups excluding carboxylic acids is 2. The van der Waals surface area contributed by atoms with Crippen LogP contribution in [0.3, 0.4) is 0 Å². The molecule has 9 heteroatoms. The quantitative estimate of drug-likeness (QED) is 0.503. The van der Waals surface area contributed by atoms with Crippen molar-refractivity contribution in [2.24, 2.45) is 0 Å². The molecule has 0 saturated carbocycles. The van der Waals surface area contributed by atoms with Crippen LogP contribution >= 0.6 is 0 Å². The number of benzene rings is 2. The largest absolute Gasteiger partial charge is 0.493 e. The Morgan fingerprint density at radius 1 is 1.06 bits per heavy atom. The van der Waals surface area contributed by atoms with Crippen molar-refractivity contribution in [2.45, 2.75) is 44.8 Å². The van der Waals surface area contributed by atoms with Crippen LogP contribution < -0.4 is 9.47 Å². The van der Waals surface area contributed by atoms with Crippen LogP contribution in [-0.2, 0) is 26.9 Å². The second-order valence-corrected chi connectivity index (χ2v) is 7.93. The average Bonchev–Trinajstić information content (AvgIpc) is 2.81. The number of nitrogens with zero attached hydrogens (tertiary/aromatic N) is 1. The van der Waals surface area contributed by atoms with Gasteiger partial charge in [0.1, 0.15) is 0 Å². The molecule has 1 atom stereocenters. The fourth-order valence-corrected chi connectivity index (χ4v) is 4.22. The lowest BCUT2D eigenvalue weighted by Gasteiger charge is -2.38. The van der Waals surface area contributed by atoms with Crippen molar-refractivity contribution < 1.29 is 37.0 Å². The van der Waals surface area contributed by atoms with E-state index in [4.69, 9.17) is 14.2 Å². The van der Waals surface area contributed by atoms with E-state index in [-0.39, 0.29) is 31.3 Å². The molecule has 1 heterocycles. The van der Waals surface area contributed by atoms with E-state index < -0.39 is 17.8 Å². The topological polar surface area (TPSA) is 65.1 Å². The molecule has 1 aliphatic rings. The van der Waals surface area contributed by atoms with Gasteiger partial charge in [-0.25, -0.2) is 0 Å². The first-order chi connectivity index (χ1) is 16.2. The van der Waals surface area contributed by atoms with Gasteiger partial charge in [0.15, 0.2) is 11.5 Å². The number of esters is 1. The molecular formula is C25H28F3NO5. The smallest absolute Gasteiger partial charge is 0.416 e. The summed E-state index contributed by atoms with van der Waals surface area (Å²) in [4.78, 5) is 26.4. The van der Waals surface area contributed by atoms with Crippen LogP contribution in [0.1, 0.15) is 54.5 Å². The van der Waals surface area contributed by atoms with Crippen molar-refractivity contribution in [2.75, 3.05) is 27.4 Å². The highest BCUT2D eigenvalue weighted by atomic mass is 19.4. The maximum atomic E-state index is 13.4. The van der Waals surface area contributed by atoms with Crippen LogP contribution in [0.4, 0.5) is 13.2 Å². The number of halogens is 3. The summed E-state index contributed by atoms with van der Waals surface area (Å²) >= 11 is 0. The molecule has 0 bridgehead atoms. The van der Waals surface area contributed by atoms with Gasteiger partial charge in [-0.1, -0.05) is 12.1 Å². The standard InChI is InChI=1S/C25H28F3NO5/c1-4-34-23(31)10-6-9-22(30)29-12-11-16-14-20(32-2)21(33-3)15-19(16)24(29)17-7-5-8-18(13-17)25(26,27)28/h5,7-8,13-15,24H,4,6,9-12H2,1-3H3/t24-/m1/s1. The Labute approximate surface area is 196 Å². The molecule has 2 aromatic carbocycles. The number of ether oxygens (including phenoxy) is 3. The number of fused-ring (bicyclic) bond motifs is 1. The Morgan fingerprint density at radius 2 is 1.76 bits per heavy atom. The van der Waals surface area contributed by atoms with Crippen LogP contribution in [-0.4, -0.2) is 44.1 Å². The highest BCUT2D eigenvalue weighted by Gasteiger charge is 2.36. The lowest BCUT2D eigenvalue weighted by atomic mass is 9.86. The summed E-state index contributed by atoms with van der Waals surface area (Å²) in [6.45, 7) is 2.29. The molecule has 0 aliphatic carbocycles. The average molecular weight is 479 g/mol. The molecular weight excluding hydrogens is 451 g/mol. The number of rotatable bonds is 8. The van der Waals surface area contributed by atoms with Crippen molar-refractivity contribution in [3.8, 4) is 11.5 Å². The Hall–Kier alpha value is -3.23. The predicted molar refractivity (Wildman–Crippen MR) is 119 cm³/mol. The van der Waals surface area contributed by atoms with E-state index in [1.54, 1.807) is 30.0 Å². The highest BCUT2D eigenvalue weighted by molar-refractivity contribution is 5.79. The van der Waals surface area contributed by atoms with Gasteiger partial charge in [0, 0.05) is 19.4 Å². The van der Waals surface area contributed by atoms with Crippen molar-refractivity contribution in [1.82, 2.24) is 4.90 Å². The maximum Gasteiger partial charge on any atom is 0.416 e. The van der Waals surface area contributed by atoms with Gasteiger partial charge in [0.2, 0.25) is 5.91 Å². The predicted octanol–water partition coefficient (Wildman–Crippen LogP) is 4.93. The van der Waals surface area contributed by atoms with Crippen LogP contribution in [0.2, 0.25) is 0 Å². The van der Waals surface area contributed by atoms with Gasteiger partial charge in [-0.05, 0) is 60.7 Å². The third-order valence-electron chi connectivity index (χ3n) is 5.80. The summed E-state index contributed by atoms with van der Waals surface area (Å²) in [7, 11) is 2.99. The van der Waals surface area contributed by atoms with E-state index in [1.807, 2.05) is 0 Å². The van der Waals surface area contributed by atoms with Gasteiger partial charge in [0.05, 0.1) is 32.4 Å². The zero-order chi connectivity index (χ0) is 24.9. The fraction of sp³-hybridized carbons (Fsp3) is 0.440. The first-order valence-electron chi connectivity index (χ1n) is 11.1. The first-order valence-corrected chi connectivity index (χ1v) is 11.1. The number of hydrogen-bond acceptors (Lipinski definition) is 5. The van der Waals surface area contributed by atoms with Gasteiger partial charge in [0.25, 0.3) is 0 Å². The second kappa shape index (κ2) is 10.8. The van der Waals surface area contributed by atoms with Crippen molar-refractivity contribution in [3.63, 3.8) is 0 Å². The normalized spacial score (nSPS) is 15.5. The lowest BCUT2D eigenvalue weighted by Crippen LogP contribution is -2.40. The molecule has 0 saturated heterocycles. The number of methoxy groups -OCH3 is 2. The third kappa shape index (κ3) is 5.63. The zero-order valence-corrected chi connectivity index (χ0v) is 19.4. The first kappa shape index (κ1) is 25.4. The van der Waals surface area contributed by atoms with Gasteiger partial charge < -0.3 is 19.1 Å². The van der Waals surface area contributed by atoms with Crippen LogP contribution in [0.5, 0.6) is 11.5 Å². The minimum atomic E-state index is -4.51. The number of hydrogen-bond donors (Lipinski definition) is 0. The van der Waals surface area contributed by atoms with E-state index in [2.05, 4.69) is 0 Å². The lowest BCUT2D eigenvalue weighted by molar-refractivity contribution is -0.143. The van der Waals surface area contributed by atoms with E-state index in [0.29, 0.717) is 42.0 Å². The van der Waals surface area contributed by atoms with Gasteiger partial charge in [-0.15, -0.1) is 0 Å². The SMILES string of the molecule is CCOC(=O)CCCC(=O)N1CCc2cc(OC)c(OC)cc2[C@H]1c1cccc(C(F)(F)F)c1. The summed E-state index contributed by atoms with van der Waals surface area (Å²) < 4.78 is 56.0. The zero-order valence-electron chi connectivity index (χ0n) is 19.4. The van der Waals surface area contributed by atoms with E-state index >= 15 is 0 Å². The Bertz CT molecular complexity index is 1040. The third-order valence-corrected chi connectivity index (χ3v) is 5.80. The molecule has 0 unspecified atom stereocenters. The molecule has 6 nitrogen and oxygen atoms in total. The minimum absolute atomic E-state index is 0.0803. The van der Waals surface area contributed by atoms with E-state index in [0.717, 1.165) is 17.7 Å². The molecule has 34 heavy (non-hydrogen) atoms. The highest BCUT2D eigenvalue weighted by Crippen LogP contribution is 2.42. The van der Waals surface area contributed by atoms with Crippen molar-refractivity contribution in [3.05, 3.63) is 58.7 Å². The van der Waals surface area contributed by atoms with Crippen molar-refractivity contribution in [1.29, 1.82) is 0 Å². The maximum absolute atomic E-state index is 13.4. The molecule has 184 valence electrons. The molecule has 0 aromatic heterocycles. The molecule has 0 radical (unpaired) electrons. The number of carbonyl (C=O) groups is 2. The summed E-state index contributed by atoms with van der Waals surface area (Å²) in [5.41, 5.74) is 1.12. The molecule has 0 spiro atoms. The summed E-state index contributed by atoms with van der Waals surface area (Å²) in [6.07, 6.45) is -3.53. The molecule has 1 aliphatic heterocycles. The van der Waals surface area contributed by atoms with Gasteiger partial charge in [-0.2, -0.15) is 13.2 Å². The molecule has 1 amide bonds. The van der Waals surface area contributed by atoms with Gasteiger partial charge in [-0.3, -0.25) is 9.59 Å². The Morgan fingerprint density at radius 3 is 2.41 bits per heavy atom. The molecule has 0 N–H and O–H groups in total. The number of amides is 1. The van der Waals surface area contributed by atoms with E-state index in [1.165, 1.54) is 20.3 Å². The Kier molecular flexibility index (Phi) is 8.06. The minimum Gasteiger partial charge on any atom is -0.493 e. The van der Waals surface area contributed by atoms with Crippen LogP contribution in [0.15, 0.2) is 36.4 Å². The summed E-state index contributed by atoms with van der Waals surface area (Å²) in [5, 5.41) is 0. The number of alkyl halides is 3. The second-order valence-electron chi connectivity index (χ2n) is 7.93. The monoisotopic (exact) mass is 479 g/mol.